The van der Waals surface area contributed by atoms with Gasteiger partial charge in [-0.15, -0.1) is 0 Å². The summed E-state index contributed by atoms with van der Waals surface area (Å²) in [5.41, 5.74) is 2.68. The van der Waals surface area contributed by atoms with E-state index >= 15 is 0 Å². The minimum absolute atomic E-state index is 0.150. The second kappa shape index (κ2) is 5.56. The van der Waals surface area contributed by atoms with Gasteiger partial charge in [0.15, 0.2) is 0 Å². The molecule has 2 aliphatic rings. The average molecular weight is 321 g/mol. The van der Waals surface area contributed by atoms with Gasteiger partial charge < -0.3 is 5.11 Å². The predicted molar refractivity (Wildman–Crippen MR) is 89.6 cm³/mol. The Hall–Kier alpha value is -1.02. The zero-order valence-corrected chi connectivity index (χ0v) is 14.2. The molecule has 2 nitrogen and oxygen atoms in total. The molecule has 0 heterocycles. The van der Waals surface area contributed by atoms with E-state index in [1.165, 1.54) is 31.2 Å². The molecule has 120 valence electrons. The van der Waals surface area contributed by atoms with Gasteiger partial charge in [-0.1, -0.05) is 37.6 Å². The Morgan fingerprint density at radius 1 is 1.23 bits per heavy atom. The molecule has 0 atom stereocenters. The summed E-state index contributed by atoms with van der Waals surface area (Å²) < 4.78 is 0. The van der Waals surface area contributed by atoms with Crippen LogP contribution in [0.25, 0.3) is 0 Å². The van der Waals surface area contributed by atoms with Crippen LogP contribution in [-0.2, 0) is 10.2 Å². The van der Waals surface area contributed by atoms with Gasteiger partial charge in [-0.25, -0.2) is 0 Å². The van der Waals surface area contributed by atoms with E-state index in [1.54, 1.807) is 0 Å². The van der Waals surface area contributed by atoms with Crippen molar-refractivity contribution in [3.8, 4) is 0 Å². The number of carboxylic acid groups (broad SMARTS) is 1. The van der Waals surface area contributed by atoms with Crippen LogP contribution >= 0.6 is 11.6 Å². The fourth-order valence-corrected chi connectivity index (χ4v) is 4.24. The van der Waals surface area contributed by atoms with Crippen molar-refractivity contribution in [3.05, 3.63) is 34.3 Å². The van der Waals surface area contributed by atoms with Crippen molar-refractivity contribution in [3.63, 3.8) is 0 Å². The summed E-state index contributed by atoms with van der Waals surface area (Å²) in [5, 5.41) is 9.93. The lowest BCUT2D eigenvalue weighted by atomic mass is 9.71. The monoisotopic (exact) mass is 320 g/mol. The number of carboxylic acids is 1. The molecule has 0 bridgehead atoms. The normalized spacial score (nSPS) is 23.2. The van der Waals surface area contributed by atoms with Gasteiger partial charge in [0.25, 0.3) is 0 Å². The molecule has 0 amide bonds. The largest absolute Gasteiger partial charge is 0.481 e. The van der Waals surface area contributed by atoms with Gasteiger partial charge >= 0.3 is 5.97 Å². The molecule has 0 radical (unpaired) electrons. The Balaban J connectivity index is 1.77. The molecule has 3 rings (SSSR count). The molecule has 0 saturated heterocycles. The minimum Gasteiger partial charge on any atom is -0.481 e. The van der Waals surface area contributed by atoms with Crippen molar-refractivity contribution >= 4 is 17.6 Å². The summed E-state index contributed by atoms with van der Waals surface area (Å²) in [5.74, 6) is -0.156. The number of carbonyl (C=O) groups is 1. The summed E-state index contributed by atoms with van der Waals surface area (Å²) in [6, 6.07) is 6.31. The molecule has 1 aromatic rings. The summed E-state index contributed by atoms with van der Waals surface area (Å²) >= 11 is 6.56. The van der Waals surface area contributed by atoms with Crippen LogP contribution in [0.2, 0.25) is 5.02 Å². The highest BCUT2D eigenvalue weighted by atomic mass is 35.5. The van der Waals surface area contributed by atoms with Gasteiger partial charge in [-0.2, -0.15) is 0 Å². The molecule has 1 aromatic carbocycles. The lowest BCUT2D eigenvalue weighted by Crippen LogP contribution is -2.20. The number of rotatable bonds is 4. The molecule has 0 unspecified atom stereocenters. The van der Waals surface area contributed by atoms with Crippen molar-refractivity contribution in [2.24, 2.45) is 5.41 Å². The highest BCUT2D eigenvalue weighted by molar-refractivity contribution is 6.31. The zero-order valence-electron chi connectivity index (χ0n) is 13.5. The highest BCUT2D eigenvalue weighted by Crippen LogP contribution is 2.52. The average Bonchev–Trinajstić information content (AvgIpc) is 3.19. The molecular weight excluding hydrogens is 296 g/mol. The summed E-state index contributed by atoms with van der Waals surface area (Å²) in [4.78, 5) is 11.1. The third-order valence-electron chi connectivity index (χ3n) is 5.73. The van der Waals surface area contributed by atoms with Gasteiger partial charge in [0.1, 0.15) is 0 Å². The van der Waals surface area contributed by atoms with E-state index in [9.17, 15) is 4.79 Å². The number of aliphatic carboxylic acids is 1. The van der Waals surface area contributed by atoms with Crippen LogP contribution < -0.4 is 0 Å². The van der Waals surface area contributed by atoms with Crippen LogP contribution in [0.3, 0.4) is 0 Å². The van der Waals surface area contributed by atoms with Crippen molar-refractivity contribution in [2.75, 3.05) is 0 Å². The molecule has 2 saturated carbocycles. The van der Waals surface area contributed by atoms with E-state index in [4.69, 9.17) is 16.7 Å². The lowest BCUT2D eigenvalue weighted by molar-refractivity contribution is -0.137. The molecule has 3 heteroatoms. The topological polar surface area (TPSA) is 37.3 Å². The standard InChI is InChI=1S/C19H25ClO2/c1-18(2)7-5-13(6-8-18)15-4-3-14(11-16(15)20)19(9-10-19)12-17(21)22/h3-4,11,13H,5-10,12H2,1-2H3,(H,21,22). The number of halogens is 1. The first kappa shape index (κ1) is 15.9. The van der Waals surface area contributed by atoms with E-state index in [2.05, 4.69) is 26.0 Å². The van der Waals surface area contributed by atoms with Crippen LogP contribution in [0, 0.1) is 5.41 Å². The summed E-state index contributed by atoms with van der Waals surface area (Å²) in [7, 11) is 0. The highest BCUT2D eigenvalue weighted by Gasteiger charge is 2.46. The Morgan fingerprint density at radius 3 is 2.36 bits per heavy atom. The molecule has 1 N–H and O–H groups in total. The molecule has 0 aromatic heterocycles. The number of benzene rings is 1. The Bertz CT molecular complexity index is 577. The first-order chi connectivity index (χ1) is 10.3. The SMILES string of the molecule is CC1(C)CCC(c2ccc(C3(CC(=O)O)CC3)cc2Cl)CC1. The third-order valence-corrected chi connectivity index (χ3v) is 6.06. The Labute approximate surface area is 137 Å². The molecule has 22 heavy (non-hydrogen) atoms. The van der Waals surface area contributed by atoms with Gasteiger partial charge in [0.2, 0.25) is 0 Å². The van der Waals surface area contributed by atoms with Gasteiger partial charge in [0, 0.05) is 10.4 Å². The number of hydrogen-bond donors (Lipinski definition) is 1. The maximum Gasteiger partial charge on any atom is 0.304 e. The smallest absolute Gasteiger partial charge is 0.304 e. The lowest BCUT2D eigenvalue weighted by Gasteiger charge is -2.35. The van der Waals surface area contributed by atoms with Crippen LogP contribution in [0.15, 0.2) is 18.2 Å². The van der Waals surface area contributed by atoms with E-state index in [0.717, 1.165) is 23.4 Å². The fraction of sp³-hybridized carbons (Fsp3) is 0.632. The third kappa shape index (κ3) is 3.17. The van der Waals surface area contributed by atoms with E-state index in [-0.39, 0.29) is 11.8 Å². The predicted octanol–water partition coefficient (Wildman–Crippen LogP) is 5.53. The molecular formula is C19H25ClO2. The van der Waals surface area contributed by atoms with E-state index < -0.39 is 5.97 Å². The Kier molecular flexibility index (Phi) is 4.01. The summed E-state index contributed by atoms with van der Waals surface area (Å²) in [6.07, 6.45) is 7.05. The van der Waals surface area contributed by atoms with Gasteiger partial charge in [-0.05, 0) is 67.1 Å². The maximum absolute atomic E-state index is 11.1. The van der Waals surface area contributed by atoms with E-state index in [1.807, 2.05) is 6.07 Å². The molecule has 0 aliphatic heterocycles. The molecule has 0 spiro atoms. The van der Waals surface area contributed by atoms with Crippen molar-refractivity contribution < 1.29 is 9.90 Å². The van der Waals surface area contributed by atoms with Crippen molar-refractivity contribution in [1.29, 1.82) is 0 Å². The maximum atomic E-state index is 11.1. The molecule has 2 fully saturated rings. The van der Waals surface area contributed by atoms with Crippen LogP contribution in [0.1, 0.15) is 75.8 Å². The first-order valence-corrected chi connectivity index (χ1v) is 8.71. The van der Waals surface area contributed by atoms with Crippen molar-refractivity contribution in [2.45, 2.75) is 70.1 Å². The Morgan fingerprint density at radius 2 is 1.86 bits per heavy atom. The summed E-state index contributed by atoms with van der Waals surface area (Å²) in [6.45, 7) is 4.69. The van der Waals surface area contributed by atoms with Crippen molar-refractivity contribution in [1.82, 2.24) is 0 Å². The quantitative estimate of drug-likeness (QED) is 0.792. The minimum atomic E-state index is -0.716. The second-order valence-corrected chi connectivity index (χ2v) is 8.43. The first-order valence-electron chi connectivity index (χ1n) is 8.33. The molecule has 2 aliphatic carbocycles. The van der Waals surface area contributed by atoms with Gasteiger partial charge in [0.05, 0.1) is 6.42 Å². The van der Waals surface area contributed by atoms with Crippen LogP contribution in [-0.4, -0.2) is 11.1 Å². The van der Waals surface area contributed by atoms with Crippen LogP contribution in [0.4, 0.5) is 0 Å². The van der Waals surface area contributed by atoms with Crippen LogP contribution in [0.5, 0.6) is 0 Å². The van der Waals surface area contributed by atoms with Gasteiger partial charge in [-0.3, -0.25) is 4.79 Å². The van der Waals surface area contributed by atoms with E-state index in [0.29, 0.717) is 11.3 Å². The second-order valence-electron chi connectivity index (χ2n) is 8.03. The zero-order chi connectivity index (χ0) is 16.0. The fourth-order valence-electron chi connectivity index (χ4n) is 3.91. The number of hydrogen-bond acceptors (Lipinski definition) is 1.